The second-order valence-electron chi connectivity index (χ2n) is 9.73. The van der Waals surface area contributed by atoms with Crippen LogP contribution in [0.1, 0.15) is 55.6 Å². The number of fused-ring (bicyclic) bond motifs is 3. The van der Waals surface area contributed by atoms with E-state index in [0.717, 1.165) is 30.4 Å². The number of carboxylic acids is 1. The third-order valence-corrected chi connectivity index (χ3v) is 7.62. The second kappa shape index (κ2) is 9.12. The van der Waals surface area contributed by atoms with Crippen molar-refractivity contribution in [2.24, 2.45) is 11.8 Å². The molecule has 0 aliphatic heterocycles. The van der Waals surface area contributed by atoms with Crippen LogP contribution in [0.25, 0.3) is 11.1 Å². The molecular formula is C27H30N2O5. The van der Waals surface area contributed by atoms with E-state index in [-0.39, 0.29) is 30.3 Å². The van der Waals surface area contributed by atoms with Gasteiger partial charge in [0.2, 0.25) is 5.91 Å². The number of carbonyl (C=O) groups excluding carboxylic acids is 2. The number of carboxylic acid groups (broad SMARTS) is 1. The van der Waals surface area contributed by atoms with Crippen LogP contribution in [0, 0.1) is 11.8 Å². The predicted molar refractivity (Wildman–Crippen MR) is 126 cm³/mol. The van der Waals surface area contributed by atoms with Crippen molar-refractivity contribution in [1.82, 2.24) is 10.6 Å². The summed E-state index contributed by atoms with van der Waals surface area (Å²) in [7, 11) is 0. The Morgan fingerprint density at radius 1 is 0.941 bits per heavy atom. The molecule has 5 rings (SSSR count). The summed E-state index contributed by atoms with van der Waals surface area (Å²) in [5.74, 6) is -1.50. The summed E-state index contributed by atoms with van der Waals surface area (Å²) in [4.78, 5) is 36.8. The van der Waals surface area contributed by atoms with Crippen molar-refractivity contribution in [3.63, 3.8) is 0 Å². The number of aliphatic carboxylic acids is 1. The first-order valence-electron chi connectivity index (χ1n) is 12.1. The number of hydrogen-bond acceptors (Lipinski definition) is 4. The zero-order valence-corrected chi connectivity index (χ0v) is 19.1. The topological polar surface area (TPSA) is 105 Å². The quantitative estimate of drug-likeness (QED) is 0.576. The van der Waals surface area contributed by atoms with E-state index < -0.39 is 17.6 Å². The molecule has 0 unspecified atom stereocenters. The summed E-state index contributed by atoms with van der Waals surface area (Å²) in [5, 5.41) is 15.0. The van der Waals surface area contributed by atoms with Crippen molar-refractivity contribution in [3.05, 3.63) is 59.7 Å². The normalized spacial score (nSPS) is 22.2. The highest BCUT2D eigenvalue weighted by molar-refractivity contribution is 5.90. The lowest BCUT2D eigenvalue weighted by Gasteiger charge is -2.31. The second-order valence-corrected chi connectivity index (χ2v) is 9.73. The molecule has 7 nitrogen and oxygen atoms in total. The molecule has 2 fully saturated rings. The van der Waals surface area contributed by atoms with Crippen LogP contribution in [0.3, 0.4) is 0 Å². The highest BCUT2D eigenvalue weighted by Crippen LogP contribution is 2.44. The minimum atomic E-state index is -1.08. The first-order valence-corrected chi connectivity index (χ1v) is 12.1. The molecule has 2 aromatic carbocycles. The number of rotatable bonds is 7. The van der Waals surface area contributed by atoms with E-state index in [4.69, 9.17) is 4.74 Å². The standard InChI is InChI=1S/C27H30N2O5/c30-24(29-27(13-14-27)25(31)32)18-8-2-1-7-17(18)15-28-26(33)34-16-23-21-11-5-3-9-19(21)20-10-4-6-12-22(20)23/h3-6,9-12,17-18,23H,1-2,7-8,13-16H2,(H,28,33)(H,29,30)(H,31,32)/t17-,18-/m1/s1. The largest absolute Gasteiger partial charge is 0.480 e. The number of carbonyl (C=O) groups is 3. The van der Waals surface area contributed by atoms with E-state index >= 15 is 0 Å². The lowest BCUT2D eigenvalue weighted by molar-refractivity contribution is -0.144. The maximum Gasteiger partial charge on any atom is 0.407 e. The lowest BCUT2D eigenvalue weighted by Crippen LogP contribution is -2.49. The van der Waals surface area contributed by atoms with Gasteiger partial charge in [0.25, 0.3) is 0 Å². The Morgan fingerprint density at radius 3 is 2.18 bits per heavy atom. The van der Waals surface area contributed by atoms with Crippen molar-refractivity contribution < 1.29 is 24.2 Å². The summed E-state index contributed by atoms with van der Waals surface area (Å²) < 4.78 is 5.62. The Morgan fingerprint density at radius 2 is 1.56 bits per heavy atom. The van der Waals surface area contributed by atoms with Gasteiger partial charge in [-0.15, -0.1) is 0 Å². The maximum atomic E-state index is 12.8. The van der Waals surface area contributed by atoms with Gasteiger partial charge in [-0.3, -0.25) is 4.79 Å². The molecule has 2 amide bonds. The Balaban J connectivity index is 1.17. The van der Waals surface area contributed by atoms with Gasteiger partial charge in [-0.1, -0.05) is 61.4 Å². The lowest BCUT2D eigenvalue weighted by atomic mass is 9.78. The van der Waals surface area contributed by atoms with E-state index in [0.29, 0.717) is 25.8 Å². The molecule has 34 heavy (non-hydrogen) atoms. The molecule has 2 aromatic rings. The minimum Gasteiger partial charge on any atom is -0.480 e. The average Bonchev–Trinajstić information content (AvgIpc) is 3.57. The van der Waals surface area contributed by atoms with Crippen molar-refractivity contribution in [2.75, 3.05) is 13.2 Å². The summed E-state index contributed by atoms with van der Waals surface area (Å²) in [6.45, 7) is 0.588. The molecule has 0 saturated heterocycles. The number of ether oxygens (including phenoxy) is 1. The van der Waals surface area contributed by atoms with Crippen LogP contribution in [0.4, 0.5) is 4.79 Å². The van der Waals surface area contributed by atoms with Gasteiger partial charge in [0, 0.05) is 18.4 Å². The number of nitrogens with one attached hydrogen (secondary N) is 2. The van der Waals surface area contributed by atoms with E-state index in [1.54, 1.807) is 0 Å². The zero-order valence-electron chi connectivity index (χ0n) is 19.1. The van der Waals surface area contributed by atoms with Crippen LogP contribution < -0.4 is 10.6 Å². The molecule has 3 N–H and O–H groups in total. The molecule has 3 aliphatic carbocycles. The van der Waals surface area contributed by atoms with Crippen molar-refractivity contribution >= 4 is 18.0 Å². The first-order chi connectivity index (χ1) is 16.5. The van der Waals surface area contributed by atoms with Gasteiger partial charge in [0.1, 0.15) is 12.1 Å². The highest BCUT2D eigenvalue weighted by Gasteiger charge is 2.52. The summed E-state index contributed by atoms with van der Waals surface area (Å²) in [5.41, 5.74) is 3.59. The average molecular weight is 463 g/mol. The van der Waals surface area contributed by atoms with E-state index in [1.165, 1.54) is 11.1 Å². The Kier molecular flexibility index (Phi) is 6.02. The van der Waals surface area contributed by atoms with E-state index in [1.807, 2.05) is 24.3 Å². The van der Waals surface area contributed by atoms with Gasteiger partial charge in [-0.05, 0) is 53.9 Å². The number of alkyl carbamates (subject to hydrolysis) is 1. The van der Waals surface area contributed by atoms with Crippen LogP contribution in [-0.2, 0) is 14.3 Å². The Bertz CT molecular complexity index is 1060. The number of amides is 2. The van der Waals surface area contributed by atoms with Gasteiger partial charge in [-0.25, -0.2) is 9.59 Å². The smallest absolute Gasteiger partial charge is 0.407 e. The van der Waals surface area contributed by atoms with Gasteiger partial charge in [-0.2, -0.15) is 0 Å². The molecule has 7 heteroatoms. The predicted octanol–water partition coefficient (Wildman–Crippen LogP) is 4.06. The fourth-order valence-electron chi connectivity index (χ4n) is 5.51. The molecular weight excluding hydrogens is 432 g/mol. The molecule has 0 heterocycles. The fraction of sp³-hybridized carbons (Fsp3) is 0.444. The first kappa shape index (κ1) is 22.4. The van der Waals surface area contributed by atoms with E-state index in [9.17, 15) is 19.5 Å². The summed E-state index contributed by atoms with van der Waals surface area (Å²) in [6, 6.07) is 16.4. The molecule has 2 saturated carbocycles. The van der Waals surface area contributed by atoms with Crippen LogP contribution in [0.15, 0.2) is 48.5 Å². The number of hydrogen-bond donors (Lipinski definition) is 3. The van der Waals surface area contributed by atoms with Crippen LogP contribution in [0.5, 0.6) is 0 Å². The van der Waals surface area contributed by atoms with E-state index in [2.05, 4.69) is 34.9 Å². The van der Waals surface area contributed by atoms with Crippen LogP contribution in [0.2, 0.25) is 0 Å². The maximum absolute atomic E-state index is 12.8. The minimum absolute atomic E-state index is 0.00268. The molecule has 0 radical (unpaired) electrons. The Labute approximate surface area is 198 Å². The summed E-state index contributed by atoms with van der Waals surface area (Å²) in [6.07, 6.45) is 3.91. The molecule has 2 atom stereocenters. The van der Waals surface area contributed by atoms with Gasteiger partial charge >= 0.3 is 12.1 Å². The van der Waals surface area contributed by atoms with Crippen molar-refractivity contribution in [1.29, 1.82) is 0 Å². The molecule has 0 bridgehead atoms. The monoisotopic (exact) mass is 462 g/mol. The molecule has 0 aromatic heterocycles. The Hall–Kier alpha value is -3.35. The third-order valence-electron chi connectivity index (χ3n) is 7.62. The van der Waals surface area contributed by atoms with Gasteiger partial charge < -0.3 is 20.5 Å². The molecule has 0 spiro atoms. The fourth-order valence-corrected chi connectivity index (χ4v) is 5.51. The SMILES string of the molecule is O=C(NC[C@H]1CCCC[C@H]1C(=O)NC1(C(=O)O)CC1)OCC1c2ccccc2-c2ccccc21. The van der Waals surface area contributed by atoms with Crippen molar-refractivity contribution in [3.8, 4) is 11.1 Å². The zero-order chi connectivity index (χ0) is 23.7. The van der Waals surface area contributed by atoms with Gasteiger partial charge in [0.15, 0.2) is 0 Å². The summed E-state index contributed by atoms with van der Waals surface area (Å²) >= 11 is 0. The number of benzene rings is 2. The molecule has 178 valence electrons. The molecule has 3 aliphatic rings. The van der Waals surface area contributed by atoms with Crippen LogP contribution >= 0.6 is 0 Å². The third kappa shape index (κ3) is 4.27. The van der Waals surface area contributed by atoms with Crippen molar-refractivity contribution in [2.45, 2.75) is 50.0 Å². The van der Waals surface area contributed by atoms with Gasteiger partial charge in [0.05, 0.1) is 0 Å². The highest BCUT2D eigenvalue weighted by atomic mass is 16.5. The van der Waals surface area contributed by atoms with Crippen LogP contribution in [-0.4, -0.2) is 41.8 Å².